The van der Waals surface area contributed by atoms with E-state index in [1.165, 1.54) is 12.8 Å². The number of likely N-dealkylation sites (N-methyl/N-ethyl adjacent to an activating group) is 1. The van der Waals surface area contributed by atoms with Crippen LogP contribution in [0.15, 0.2) is 24.3 Å². The molecule has 18 heavy (non-hydrogen) atoms. The summed E-state index contributed by atoms with van der Waals surface area (Å²) in [5.41, 5.74) is 0.884. The van der Waals surface area contributed by atoms with Crippen molar-refractivity contribution in [3.05, 3.63) is 29.8 Å². The molecule has 0 amide bonds. The SMILES string of the molecule is CCN(CC1CC1)CC(O)c1ccccc1OC. The largest absolute Gasteiger partial charge is 0.496 e. The van der Waals surface area contributed by atoms with Gasteiger partial charge in [-0.1, -0.05) is 25.1 Å². The quantitative estimate of drug-likeness (QED) is 0.805. The van der Waals surface area contributed by atoms with Gasteiger partial charge in [0.15, 0.2) is 0 Å². The Hall–Kier alpha value is -1.06. The summed E-state index contributed by atoms with van der Waals surface area (Å²) in [5, 5.41) is 10.3. The smallest absolute Gasteiger partial charge is 0.124 e. The molecule has 3 nitrogen and oxygen atoms in total. The van der Waals surface area contributed by atoms with Gasteiger partial charge in [0.2, 0.25) is 0 Å². The minimum absolute atomic E-state index is 0.472. The number of hydrogen-bond donors (Lipinski definition) is 1. The van der Waals surface area contributed by atoms with Gasteiger partial charge in [-0.2, -0.15) is 0 Å². The van der Waals surface area contributed by atoms with Crippen molar-refractivity contribution in [2.75, 3.05) is 26.7 Å². The first-order chi connectivity index (χ1) is 8.74. The van der Waals surface area contributed by atoms with E-state index >= 15 is 0 Å². The lowest BCUT2D eigenvalue weighted by Gasteiger charge is -2.24. The van der Waals surface area contributed by atoms with Crippen LogP contribution in [0.5, 0.6) is 5.75 Å². The van der Waals surface area contributed by atoms with Gasteiger partial charge in [-0.15, -0.1) is 0 Å². The van der Waals surface area contributed by atoms with Crippen LogP contribution in [0.4, 0.5) is 0 Å². The van der Waals surface area contributed by atoms with E-state index in [4.69, 9.17) is 4.74 Å². The summed E-state index contributed by atoms with van der Waals surface area (Å²) in [5.74, 6) is 1.63. The van der Waals surface area contributed by atoms with Gasteiger partial charge in [-0.05, 0) is 31.4 Å². The summed E-state index contributed by atoms with van der Waals surface area (Å²) in [4.78, 5) is 2.33. The highest BCUT2D eigenvalue weighted by Gasteiger charge is 2.25. The molecule has 1 atom stereocenters. The van der Waals surface area contributed by atoms with Crippen LogP contribution >= 0.6 is 0 Å². The molecule has 1 fully saturated rings. The van der Waals surface area contributed by atoms with Crippen molar-refractivity contribution in [2.45, 2.75) is 25.9 Å². The molecule has 1 aliphatic rings. The second kappa shape index (κ2) is 6.21. The Morgan fingerprint density at radius 2 is 2.11 bits per heavy atom. The molecule has 1 aliphatic carbocycles. The second-order valence-corrected chi connectivity index (χ2v) is 5.05. The van der Waals surface area contributed by atoms with Crippen molar-refractivity contribution in [3.63, 3.8) is 0 Å². The highest BCUT2D eigenvalue weighted by Crippen LogP contribution is 2.31. The van der Waals surface area contributed by atoms with Gasteiger partial charge < -0.3 is 14.7 Å². The summed E-state index contributed by atoms with van der Waals surface area (Å²) in [6.45, 7) is 4.94. The molecule has 1 N–H and O–H groups in total. The molecule has 0 aliphatic heterocycles. The monoisotopic (exact) mass is 249 g/mol. The lowest BCUT2D eigenvalue weighted by molar-refractivity contribution is 0.111. The Bertz CT molecular complexity index is 377. The molecule has 0 aromatic heterocycles. The molecule has 2 rings (SSSR count). The third kappa shape index (κ3) is 3.47. The van der Waals surface area contributed by atoms with Crippen LogP contribution in [-0.4, -0.2) is 36.8 Å². The molecular formula is C15H23NO2. The Morgan fingerprint density at radius 3 is 2.72 bits per heavy atom. The summed E-state index contributed by atoms with van der Waals surface area (Å²) in [6.07, 6.45) is 2.22. The number of aliphatic hydroxyl groups is 1. The van der Waals surface area contributed by atoms with Crippen molar-refractivity contribution in [3.8, 4) is 5.75 Å². The standard InChI is InChI=1S/C15H23NO2/c1-3-16(10-12-8-9-12)11-14(17)13-6-4-5-7-15(13)18-2/h4-7,12,14,17H,3,8-11H2,1-2H3. The molecule has 0 spiro atoms. The van der Waals surface area contributed by atoms with Crippen LogP contribution in [0.1, 0.15) is 31.4 Å². The number of methoxy groups -OCH3 is 1. The van der Waals surface area contributed by atoms with E-state index in [2.05, 4.69) is 11.8 Å². The van der Waals surface area contributed by atoms with Crippen LogP contribution in [-0.2, 0) is 0 Å². The van der Waals surface area contributed by atoms with E-state index in [1.54, 1.807) is 7.11 Å². The molecular weight excluding hydrogens is 226 g/mol. The lowest BCUT2D eigenvalue weighted by atomic mass is 10.1. The van der Waals surface area contributed by atoms with Crippen LogP contribution in [0.2, 0.25) is 0 Å². The number of para-hydroxylation sites is 1. The van der Waals surface area contributed by atoms with E-state index in [0.29, 0.717) is 6.54 Å². The molecule has 0 bridgehead atoms. The third-order valence-electron chi connectivity index (χ3n) is 3.59. The minimum atomic E-state index is -0.472. The molecule has 0 saturated heterocycles. The molecule has 0 heterocycles. The summed E-state index contributed by atoms with van der Waals surface area (Å²) in [7, 11) is 1.65. The summed E-state index contributed by atoms with van der Waals surface area (Å²) < 4.78 is 5.30. The van der Waals surface area contributed by atoms with Crippen molar-refractivity contribution in [1.29, 1.82) is 0 Å². The van der Waals surface area contributed by atoms with Crippen LogP contribution in [0.25, 0.3) is 0 Å². The maximum Gasteiger partial charge on any atom is 0.124 e. The topological polar surface area (TPSA) is 32.7 Å². The normalized spacial score (nSPS) is 16.9. The maximum absolute atomic E-state index is 10.3. The molecule has 3 heteroatoms. The molecule has 1 saturated carbocycles. The van der Waals surface area contributed by atoms with E-state index in [0.717, 1.165) is 30.3 Å². The zero-order valence-corrected chi connectivity index (χ0v) is 11.3. The number of benzene rings is 1. The van der Waals surface area contributed by atoms with E-state index in [1.807, 2.05) is 24.3 Å². The van der Waals surface area contributed by atoms with Gasteiger partial charge in [0, 0.05) is 18.7 Å². The Balaban J connectivity index is 1.98. The van der Waals surface area contributed by atoms with Crippen LogP contribution in [0.3, 0.4) is 0 Å². The molecule has 1 aromatic carbocycles. The Morgan fingerprint density at radius 1 is 1.39 bits per heavy atom. The number of aliphatic hydroxyl groups excluding tert-OH is 1. The van der Waals surface area contributed by atoms with Crippen molar-refractivity contribution < 1.29 is 9.84 Å². The van der Waals surface area contributed by atoms with Gasteiger partial charge in [0.25, 0.3) is 0 Å². The van der Waals surface area contributed by atoms with E-state index < -0.39 is 6.10 Å². The third-order valence-corrected chi connectivity index (χ3v) is 3.59. The van der Waals surface area contributed by atoms with E-state index in [9.17, 15) is 5.11 Å². The highest BCUT2D eigenvalue weighted by atomic mass is 16.5. The van der Waals surface area contributed by atoms with Crippen molar-refractivity contribution >= 4 is 0 Å². The molecule has 0 radical (unpaired) electrons. The number of nitrogens with zero attached hydrogens (tertiary/aromatic N) is 1. The fourth-order valence-corrected chi connectivity index (χ4v) is 2.28. The predicted molar refractivity (Wildman–Crippen MR) is 72.8 cm³/mol. The number of rotatable bonds is 7. The van der Waals surface area contributed by atoms with Crippen molar-refractivity contribution in [1.82, 2.24) is 4.90 Å². The number of hydrogen-bond acceptors (Lipinski definition) is 3. The molecule has 100 valence electrons. The molecule has 1 unspecified atom stereocenters. The van der Waals surface area contributed by atoms with E-state index in [-0.39, 0.29) is 0 Å². The Labute approximate surface area is 109 Å². The fraction of sp³-hybridized carbons (Fsp3) is 0.600. The first-order valence-electron chi connectivity index (χ1n) is 6.78. The van der Waals surface area contributed by atoms with Gasteiger partial charge in [-0.3, -0.25) is 0 Å². The fourth-order valence-electron chi connectivity index (χ4n) is 2.28. The zero-order valence-electron chi connectivity index (χ0n) is 11.3. The van der Waals surface area contributed by atoms with Gasteiger partial charge in [-0.25, -0.2) is 0 Å². The van der Waals surface area contributed by atoms with Gasteiger partial charge in [0.05, 0.1) is 13.2 Å². The highest BCUT2D eigenvalue weighted by molar-refractivity contribution is 5.35. The minimum Gasteiger partial charge on any atom is -0.496 e. The average Bonchev–Trinajstić information content (AvgIpc) is 3.21. The maximum atomic E-state index is 10.3. The summed E-state index contributed by atoms with van der Waals surface area (Å²) in [6, 6.07) is 7.71. The number of ether oxygens (including phenoxy) is 1. The van der Waals surface area contributed by atoms with Crippen LogP contribution in [0, 0.1) is 5.92 Å². The molecule has 1 aromatic rings. The van der Waals surface area contributed by atoms with Crippen molar-refractivity contribution in [2.24, 2.45) is 5.92 Å². The first-order valence-corrected chi connectivity index (χ1v) is 6.78. The Kier molecular flexibility index (Phi) is 4.61. The average molecular weight is 249 g/mol. The predicted octanol–water partition coefficient (Wildman–Crippen LogP) is 2.46. The van der Waals surface area contributed by atoms with Gasteiger partial charge >= 0.3 is 0 Å². The van der Waals surface area contributed by atoms with Crippen LogP contribution < -0.4 is 4.74 Å². The lowest BCUT2D eigenvalue weighted by Crippen LogP contribution is -2.30. The van der Waals surface area contributed by atoms with Gasteiger partial charge in [0.1, 0.15) is 5.75 Å². The zero-order chi connectivity index (χ0) is 13.0. The summed E-state index contributed by atoms with van der Waals surface area (Å²) >= 11 is 0. The second-order valence-electron chi connectivity index (χ2n) is 5.05. The first kappa shape index (κ1) is 13.4.